The van der Waals surface area contributed by atoms with Gasteiger partial charge in [-0.25, -0.2) is 19.9 Å². The molecule has 7 aromatic rings. The van der Waals surface area contributed by atoms with Crippen molar-refractivity contribution in [3.8, 4) is 28.2 Å². The average molecular weight is 572 g/mol. The van der Waals surface area contributed by atoms with Crippen molar-refractivity contribution >= 4 is 39.3 Å². The van der Waals surface area contributed by atoms with Crippen molar-refractivity contribution in [2.45, 2.75) is 13.8 Å². The summed E-state index contributed by atoms with van der Waals surface area (Å²) in [6.45, 7) is 3.70. The molecule has 7 nitrogen and oxygen atoms in total. The lowest BCUT2D eigenvalue weighted by molar-refractivity contribution is 0.0926. The van der Waals surface area contributed by atoms with Crippen LogP contribution in [0.4, 0.5) is 5.69 Å². The number of anilines is 1. The first-order valence-electron chi connectivity index (χ1n) is 14.4. The molecule has 0 saturated heterocycles. The van der Waals surface area contributed by atoms with Crippen molar-refractivity contribution in [3.05, 3.63) is 138 Å². The Kier molecular flexibility index (Phi) is 5.74. The summed E-state index contributed by atoms with van der Waals surface area (Å²) in [5.74, 6) is 1.19. The summed E-state index contributed by atoms with van der Waals surface area (Å²) in [6, 6.07) is 37.0. The third kappa shape index (κ3) is 3.86. The summed E-state index contributed by atoms with van der Waals surface area (Å²) in [4.78, 5) is 43.2. The minimum atomic E-state index is -0.352. The van der Waals surface area contributed by atoms with Crippen molar-refractivity contribution in [2.24, 2.45) is 0 Å². The zero-order valence-corrected chi connectivity index (χ0v) is 24.0. The molecule has 0 spiro atoms. The highest BCUT2D eigenvalue weighted by Crippen LogP contribution is 2.40. The first kappa shape index (κ1) is 25.7. The van der Waals surface area contributed by atoms with Crippen LogP contribution in [0.15, 0.2) is 115 Å². The van der Waals surface area contributed by atoms with Gasteiger partial charge in [-0.1, -0.05) is 84.9 Å². The average Bonchev–Trinajstić information content (AvgIpc) is 3.51. The number of amides is 2. The molecule has 8 rings (SSSR count). The van der Waals surface area contributed by atoms with Gasteiger partial charge < -0.3 is 4.57 Å². The van der Waals surface area contributed by atoms with Crippen LogP contribution in [0.1, 0.15) is 32.4 Å². The molecule has 0 unspecified atom stereocenters. The number of rotatable bonds is 4. The van der Waals surface area contributed by atoms with E-state index in [-0.39, 0.29) is 11.8 Å². The van der Waals surface area contributed by atoms with Crippen LogP contribution in [0, 0.1) is 13.8 Å². The van der Waals surface area contributed by atoms with E-state index in [2.05, 4.69) is 31.7 Å². The van der Waals surface area contributed by atoms with Gasteiger partial charge in [0.25, 0.3) is 11.8 Å². The monoisotopic (exact) mass is 571 g/mol. The van der Waals surface area contributed by atoms with E-state index in [9.17, 15) is 9.59 Å². The molecule has 0 radical (unpaired) electrons. The summed E-state index contributed by atoms with van der Waals surface area (Å²) in [7, 11) is 0. The maximum absolute atomic E-state index is 14.4. The van der Waals surface area contributed by atoms with Crippen molar-refractivity contribution in [2.75, 3.05) is 4.90 Å². The fraction of sp³-hybridized carbons (Fsp3) is 0.0541. The maximum Gasteiger partial charge on any atom is 0.268 e. The molecule has 44 heavy (non-hydrogen) atoms. The van der Waals surface area contributed by atoms with E-state index < -0.39 is 0 Å². The maximum atomic E-state index is 14.4. The van der Waals surface area contributed by atoms with Crippen LogP contribution in [0.25, 0.3) is 50.0 Å². The van der Waals surface area contributed by atoms with Gasteiger partial charge in [-0.2, -0.15) is 0 Å². The van der Waals surface area contributed by atoms with Crippen molar-refractivity contribution in [1.82, 2.24) is 19.5 Å². The van der Waals surface area contributed by atoms with Gasteiger partial charge in [-0.05, 0) is 49.7 Å². The molecule has 2 aromatic heterocycles. The lowest BCUT2D eigenvalue weighted by atomic mass is 10.0. The summed E-state index contributed by atoms with van der Waals surface area (Å²) in [5, 5.41) is 2.06. The van der Waals surface area contributed by atoms with Gasteiger partial charge in [0.15, 0.2) is 5.82 Å². The molecule has 1 aliphatic heterocycles. The fourth-order valence-electron chi connectivity index (χ4n) is 6.32. The number of para-hydroxylation sites is 2. The van der Waals surface area contributed by atoms with E-state index in [1.807, 2.05) is 111 Å². The van der Waals surface area contributed by atoms with Crippen LogP contribution in [0.5, 0.6) is 0 Å². The molecule has 0 bridgehead atoms. The van der Waals surface area contributed by atoms with Crippen LogP contribution in [-0.2, 0) is 0 Å². The van der Waals surface area contributed by atoms with E-state index in [4.69, 9.17) is 0 Å². The molecule has 0 fully saturated rings. The topological polar surface area (TPSA) is 81.0 Å². The number of hydrogen-bond acceptors (Lipinski definition) is 5. The zero-order valence-electron chi connectivity index (χ0n) is 24.0. The molecule has 1 aliphatic rings. The minimum Gasteiger partial charge on any atom is -0.308 e. The quantitative estimate of drug-likeness (QED) is 0.202. The molecule has 210 valence electrons. The Morgan fingerprint density at radius 2 is 1.18 bits per heavy atom. The Hall–Kier alpha value is -5.95. The third-order valence-electron chi connectivity index (χ3n) is 8.15. The molecule has 0 atom stereocenters. The highest BCUT2D eigenvalue weighted by Gasteiger charge is 2.40. The van der Waals surface area contributed by atoms with E-state index in [1.165, 1.54) is 4.90 Å². The normalized spacial score (nSPS) is 12.8. The van der Waals surface area contributed by atoms with E-state index >= 15 is 0 Å². The number of aryl methyl sites for hydroxylation is 2. The molecular weight excluding hydrogens is 546 g/mol. The molecular formula is C37H25N5O2. The number of carbonyl (C=O) groups excluding carboxylic acids is 2. The molecule has 0 N–H and O–H groups in total. The van der Waals surface area contributed by atoms with Crippen LogP contribution >= 0.6 is 0 Å². The Labute approximate surface area is 253 Å². The van der Waals surface area contributed by atoms with E-state index in [1.54, 1.807) is 6.07 Å². The van der Waals surface area contributed by atoms with Crippen LogP contribution in [-0.4, -0.2) is 31.3 Å². The van der Waals surface area contributed by atoms with Gasteiger partial charge in [0, 0.05) is 21.9 Å². The number of nitrogens with zero attached hydrogens (tertiary/aromatic N) is 5. The predicted octanol–water partition coefficient (Wildman–Crippen LogP) is 7.72. The Bertz CT molecular complexity index is 2290. The minimum absolute atomic E-state index is 0.340. The third-order valence-corrected chi connectivity index (χ3v) is 8.15. The van der Waals surface area contributed by atoms with Gasteiger partial charge in [0.2, 0.25) is 0 Å². The Morgan fingerprint density at radius 3 is 2.00 bits per heavy atom. The van der Waals surface area contributed by atoms with Crippen LogP contribution < -0.4 is 4.90 Å². The molecule has 5 aromatic carbocycles. The first-order chi connectivity index (χ1) is 21.5. The van der Waals surface area contributed by atoms with Gasteiger partial charge >= 0.3 is 0 Å². The zero-order chi connectivity index (χ0) is 29.9. The van der Waals surface area contributed by atoms with Crippen molar-refractivity contribution < 1.29 is 9.59 Å². The van der Waals surface area contributed by atoms with E-state index in [0.29, 0.717) is 40.0 Å². The predicted molar refractivity (Wildman–Crippen MR) is 172 cm³/mol. The van der Waals surface area contributed by atoms with Crippen molar-refractivity contribution in [1.29, 1.82) is 0 Å². The van der Waals surface area contributed by atoms with E-state index in [0.717, 1.165) is 38.5 Å². The van der Waals surface area contributed by atoms with Crippen LogP contribution in [0.3, 0.4) is 0 Å². The van der Waals surface area contributed by atoms with Crippen molar-refractivity contribution in [3.63, 3.8) is 0 Å². The van der Waals surface area contributed by atoms with Gasteiger partial charge in [0.05, 0.1) is 33.5 Å². The highest BCUT2D eigenvalue weighted by atomic mass is 16.2. The first-order valence-corrected chi connectivity index (χ1v) is 14.4. The summed E-state index contributed by atoms with van der Waals surface area (Å²) >= 11 is 0. The second-order valence-electron chi connectivity index (χ2n) is 10.9. The molecule has 0 saturated carbocycles. The number of carbonyl (C=O) groups is 2. The lowest BCUT2D eigenvalue weighted by Gasteiger charge is -2.18. The summed E-state index contributed by atoms with van der Waals surface area (Å²) < 4.78 is 2.08. The molecule has 2 amide bonds. The number of imide groups is 1. The van der Waals surface area contributed by atoms with Gasteiger partial charge in [-0.15, -0.1) is 0 Å². The number of hydrogen-bond donors (Lipinski definition) is 0. The second kappa shape index (κ2) is 9.81. The number of fused-ring (bicyclic) bond motifs is 4. The molecule has 0 aliphatic carbocycles. The van der Waals surface area contributed by atoms with Crippen LogP contribution in [0.2, 0.25) is 0 Å². The van der Waals surface area contributed by atoms with Gasteiger partial charge in [0.1, 0.15) is 11.6 Å². The summed E-state index contributed by atoms with van der Waals surface area (Å²) in [5.41, 5.74) is 6.35. The lowest BCUT2D eigenvalue weighted by Crippen LogP contribution is -2.30. The Morgan fingerprint density at radius 1 is 0.523 bits per heavy atom. The standard InChI is InChI=1S/C37H25N5O2/c1-22-38-23(2)40-35(39-22)25-19-20-28-27-14-7-9-17-31(27)41(33(28)21-25)32-18-10-15-29-34(32)37(44)42(36(29)43)30-16-8-6-13-26(30)24-11-4-3-5-12-24/h3-21H,1-2H3. The number of aromatic nitrogens is 4. The SMILES string of the molecule is Cc1nc(C)nc(-c2ccc3c4ccccc4n(-c4cccc5c4C(=O)N(c4ccccc4-c4ccccc4)C5=O)c3c2)n1. The fourth-order valence-corrected chi connectivity index (χ4v) is 6.32. The second-order valence-corrected chi connectivity index (χ2v) is 10.9. The largest absolute Gasteiger partial charge is 0.308 e. The Balaban J connectivity index is 1.35. The highest BCUT2D eigenvalue weighted by molar-refractivity contribution is 6.36. The number of benzene rings is 5. The smallest absolute Gasteiger partial charge is 0.268 e. The summed E-state index contributed by atoms with van der Waals surface area (Å²) in [6.07, 6.45) is 0. The molecule has 7 heteroatoms. The molecule has 3 heterocycles. The van der Waals surface area contributed by atoms with Gasteiger partial charge in [-0.3, -0.25) is 9.59 Å².